The average Bonchev–Trinajstić information content (AvgIpc) is 2.14. The zero-order valence-corrected chi connectivity index (χ0v) is 10.3. The standard InChI is InChI=1S/C12H24N2O/c1-9(2)5-11(7-13)15-12(8-14)6-10(3)4/h7-10H,5-6,13-14H2,1-4H3. The fourth-order valence-corrected chi connectivity index (χ4v) is 1.26. The first-order chi connectivity index (χ1) is 6.99. The first-order valence-electron chi connectivity index (χ1n) is 5.49. The Kier molecular flexibility index (Phi) is 6.67. The largest absolute Gasteiger partial charge is 0.463 e. The SMILES string of the molecule is CC(C)CC(=CN)OC(=CN)CC(C)C. The van der Waals surface area contributed by atoms with Crippen molar-refractivity contribution in [3.8, 4) is 0 Å². The molecule has 0 spiro atoms. The molecule has 0 aromatic carbocycles. The summed E-state index contributed by atoms with van der Waals surface area (Å²) >= 11 is 0. The Labute approximate surface area is 93.2 Å². The normalized spacial score (nSPS) is 13.7. The number of hydrogen-bond donors (Lipinski definition) is 2. The molecule has 0 radical (unpaired) electrons. The van der Waals surface area contributed by atoms with Crippen molar-refractivity contribution in [2.75, 3.05) is 0 Å². The highest BCUT2D eigenvalue weighted by Crippen LogP contribution is 2.19. The van der Waals surface area contributed by atoms with Gasteiger partial charge in [-0.05, 0) is 11.8 Å². The topological polar surface area (TPSA) is 61.3 Å². The molecule has 0 bridgehead atoms. The van der Waals surface area contributed by atoms with E-state index < -0.39 is 0 Å². The molecular weight excluding hydrogens is 188 g/mol. The number of ether oxygens (including phenoxy) is 1. The van der Waals surface area contributed by atoms with Gasteiger partial charge in [-0.3, -0.25) is 0 Å². The van der Waals surface area contributed by atoms with E-state index in [9.17, 15) is 0 Å². The van der Waals surface area contributed by atoms with Crippen LogP contribution in [0.5, 0.6) is 0 Å². The second kappa shape index (κ2) is 7.21. The van der Waals surface area contributed by atoms with Crippen molar-refractivity contribution in [1.82, 2.24) is 0 Å². The Morgan fingerprint density at radius 1 is 0.933 bits per heavy atom. The Bertz CT molecular complexity index is 206. The second-order valence-corrected chi connectivity index (χ2v) is 4.56. The molecule has 0 amide bonds. The molecule has 15 heavy (non-hydrogen) atoms. The van der Waals surface area contributed by atoms with Crippen LogP contribution in [-0.4, -0.2) is 0 Å². The number of hydrogen-bond acceptors (Lipinski definition) is 3. The van der Waals surface area contributed by atoms with Crippen LogP contribution in [0.4, 0.5) is 0 Å². The van der Waals surface area contributed by atoms with E-state index >= 15 is 0 Å². The molecule has 0 aliphatic heterocycles. The van der Waals surface area contributed by atoms with Crippen molar-refractivity contribution in [3.63, 3.8) is 0 Å². The summed E-state index contributed by atoms with van der Waals surface area (Å²) in [5.41, 5.74) is 11.0. The molecule has 0 aromatic rings. The quantitative estimate of drug-likeness (QED) is 0.665. The predicted octanol–water partition coefficient (Wildman–Crippen LogP) is 2.70. The molecule has 0 saturated heterocycles. The lowest BCUT2D eigenvalue weighted by Gasteiger charge is -2.15. The molecule has 0 aliphatic carbocycles. The van der Waals surface area contributed by atoms with Crippen LogP contribution >= 0.6 is 0 Å². The van der Waals surface area contributed by atoms with Crippen LogP contribution in [-0.2, 0) is 4.74 Å². The Balaban J connectivity index is 4.27. The summed E-state index contributed by atoms with van der Waals surface area (Å²) in [5.74, 6) is 2.64. The van der Waals surface area contributed by atoms with Crippen molar-refractivity contribution in [2.24, 2.45) is 23.3 Å². The van der Waals surface area contributed by atoms with Crippen LogP contribution in [0.25, 0.3) is 0 Å². The molecule has 0 saturated carbocycles. The third kappa shape index (κ3) is 6.89. The van der Waals surface area contributed by atoms with Gasteiger partial charge in [-0.1, -0.05) is 27.7 Å². The van der Waals surface area contributed by atoms with E-state index in [-0.39, 0.29) is 0 Å². The second-order valence-electron chi connectivity index (χ2n) is 4.56. The maximum atomic E-state index is 5.64. The third-order valence-electron chi connectivity index (χ3n) is 1.85. The lowest BCUT2D eigenvalue weighted by molar-refractivity contribution is 0.253. The van der Waals surface area contributed by atoms with E-state index in [0.717, 1.165) is 24.4 Å². The van der Waals surface area contributed by atoms with Crippen molar-refractivity contribution >= 4 is 0 Å². The molecule has 0 fully saturated rings. The van der Waals surface area contributed by atoms with Gasteiger partial charge < -0.3 is 16.2 Å². The molecule has 0 heterocycles. The highest BCUT2D eigenvalue weighted by Gasteiger charge is 2.07. The summed E-state index contributed by atoms with van der Waals surface area (Å²) in [6, 6.07) is 0. The highest BCUT2D eigenvalue weighted by molar-refractivity contribution is 5.00. The van der Waals surface area contributed by atoms with Gasteiger partial charge >= 0.3 is 0 Å². The van der Waals surface area contributed by atoms with Crippen molar-refractivity contribution in [2.45, 2.75) is 40.5 Å². The van der Waals surface area contributed by atoms with Gasteiger partial charge in [0.2, 0.25) is 0 Å². The smallest absolute Gasteiger partial charge is 0.119 e. The summed E-state index contributed by atoms with van der Waals surface area (Å²) in [4.78, 5) is 0. The molecule has 0 aliphatic rings. The molecular formula is C12H24N2O. The zero-order valence-electron chi connectivity index (χ0n) is 10.3. The van der Waals surface area contributed by atoms with Crippen molar-refractivity contribution < 1.29 is 4.74 Å². The van der Waals surface area contributed by atoms with Gasteiger partial charge in [0.25, 0.3) is 0 Å². The maximum Gasteiger partial charge on any atom is 0.119 e. The van der Waals surface area contributed by atoms with Gasteiger partial charge in [0.05, 0.1) is 0 Å². The fourth-order valence-electron chi connectivity index (χ4n) is 1.26. The number of allylic oxidation sites excluding steroid dienone is 2. The van der Waals surface area contributed by atoms with E-state index in [2.05, 4.69) is 27.7 Å². The van der Waals surface area contributed by atoms with Gasteiger partial charge in [0.15, 0.2) is 0 Å². The molecule has 0 aromatic heterocycles. The molecule has 3 nitrogen and oxygen atoms in total. The minimum Gasteiger partial charge on any atom is -0.463 e. The first-order valence-corrected chi connectivity index (χ1v) is 5.49. The predicted molar refractivity (Wildman–Crippen MR) is 64.5 cm³/mol. The van der Waals surface area contributed by atoms with E-state index in [4.69, 9.17) is 16.2 Å². The highest BCUT2D eigenvalue weighted by atomic mass is 16.5. The summed E-state index contributed by atoms with van der Waals surface area (Å²) in [5, 5.41) is 0. The van der Waals surface area contributed by atoms with Crippen LogP contribution in [0.3, 0.4) is 0 Å². The molecule has 0 atom stereocenters. The van der Waals surface area contributed by atoms with Gasteiger partial charge in [0, 0.05) is 25.2 Å². The van der Waals surface area contributed by atoms with E-state index in [0.29, 0.717) is 11.8 Å². The molecule has 88 valence electrons. The minimum absolute atomic E-state index is 0.526. The zero-order chi connectivity index (χ0) is 11.8. The molecule has 0 rings (SSSR count). The summed E-state index contributed by atoms with van der Waals surface area (Å²) in [6.07, 6.45) is 4.71. The lowest BCUT2D eigenvalue weighted by atomic mass is 10.1. The summed E-state index contributed by atoms with van der Waals surface area (Å²) in [6.45, 7) is 8.50. The van der Waals surface area contributed by atoms with Gasteiger partial charge in [0.1, 0.15) is 11.5 Å². The number of nitrogens with two attached hydrogens (primary N) is 2. The Hall–Kier alpha value is -1.12. The molecule has 3 heteroatoms. The first kappa shape index (κ1) is 13.9. The van der Waals surface area contributed by atoms with Crippen LogP contribution in [0, 0.1) is 11.8 Å². The molecule has 0 unspecified atom stereocenters. The van der Waals surface area contributed by atoms with E-state index in [1.54, 1.807) is 0 Å². The summed E-state index contributed by atoms with van der Waals surface area (Å²) in [7, 11) is 0. The average molecular weight is 212 g/mol. The third-order valence-corrected chi connectivity index (χ3v) is 1.85. The molecule has 4 N–H and O–H groups in total. The lowest BCUT2D eigenvalue weighted by Crippen LogP contribution is -2.04. The minimum atomic E-state index is 0.526. The monoisotopic (exact) mass is 212 g/mol. The van der Waals surface area contributed by atoms with Crippen LogP contribution in [0.2, 0.25) is 0 Å². The van der Waals surface area contributed by atoms with E-state index in [1.165, 1.54) is 12.4 Å². The van der Waals surface area contributed by atoms with E-state index in [1.807, 2.05) is 0 Å². The van der Waals surface area contributed by atoms with Gasteiger partial charge in [-0.2, -0.15) is 0 Å². The van der Waals surface area contributed by atoms with Crippen LogP contribution < -0.4 is 11.5 Å². The van der Waals surface area contributed by atoms with Gasteiger partial charge in [-0.25, -0.2) is 0 Å². The van der Waals surface area contributed by atoms with Gasteiger partial charge in [-0.15, -0.1) is 0 Å². The van der Waals surface area contributed by atoms with Crippen LogP contribution in [0.1, 0.15) is 40.5 Å². The summed E-state index contributed by atoms with van der Waals surface area (Å²) < 4.78 is 5.64. The van der Waals surface area contributed by atoms with Crippen molar-refractivity contribution in [1.29, 1.82) is 0 Å². The number of rotatable bonds is 6. The van der Waals surface area contributed by atoms with Crippen LogP contribution in [0.15, 0.2) is 23.9 Å². The van der Waals surface area contributed by atoms with Crippen molar-refractivity contribution in [3.05, 3.63) is 23.9 Å². The fraction of sp³-hybridized carbons (Fsp3) is 0.667. The maximum absolute atomic E-state index is 5.64. The Morgan fingerprint density at radius 2 is 1.27 bits per heavy atom. The Morgan fingerprint density at radius 3 is 1.47 bits per heavy atom.